The molecule has 7 heteroatoms. The van der Waals surface area contributed by atoms with Gasteiger partial charge in [-0.15, -0.1) is 0 Å². The molecule has 0 spiro atoms. The van der Waals surface area contributed by atoms with Gasteiger partial charge >= 0.3 is 0 Å². The third kappa shape index (κ3) is 6.24. The molecule has 1 aromatic heterocycles. The van der Waals surface area contributed by atoms with Crippen molar-refractivity contribution in [2.75, 3.05) is 13.4 Å². The van der Waals surface area contributed by atoms with Gasteiger partial charge in [-0.2, -0.15) is 5.26 Å². The second kappa shape index (κ2) is 12.5. The molecule has 5 rings (SSSR count). The van der Waals surface area contributed by atoms with Crippen LogP contribution in [0.15, 0.2) is 72.8 Å². The van der Waals surface area contributed by atoms with Crippen LogP contribution >= 0.6 is 0 Å². The molecule has 200 valence electrons. The number of imidazole rings is 1. The number of ether oxygens (including phenoxy) is 3. The molecule has 0 unspecified atom stereocenters. The zero-order valence-electron chi connectivity index (χ0n) is 22.6. The Labute approximate surface area is 230 Å². The SMILES string of the molecule is CCCCn1c(-c2ccccc2)nc(C#N)c1CN(Cc1cccc(OCC)c1)Cc1ccc2c(c1)OCO2. The predicted molar refractivity (Wildman–Crippen MR) is 150 cm³/mol. The summed E-state index contributed by atoms with van der Waals surface area (Å²) in [6.45, 7) is 7.76. The average molecular weight is 523 g/mol. The lowest BCUT2D eigenvalue weighted by molar-refractivity contribution is 0.174. The molecule has 0 atom stereocenters. The monoisotopic (exact) mass is 522 g/mol. The largest absolute Gasteiger partial charge is 0.494 e. The van der Waals surface area contributed by atoms with Crippen LogP contribution in [0.5, 0.6) is 17.2 Å². The van der Waals surface area contributed by atoms with Crippen molar-refractivity contribution in [1.29, 1.82) is 5.26 Å². The van der Waals surface area contributed by atoms with Crippen LogP contribution in [-0.2, 0) is 26.2 Å². The van der Waals surface area contributed by atoms with Crippen LogP contribution in [0.3, 0.4) is 0 Å². The summed E-state index contributed by atoms with van der Waals surface area (Å²) in [5, 5.41) is 10.1. The van der Waals surface area contributed by atoms with Crippen molar-refractivity contribution in [3.63, 3.8) is 0 Å². The summed E-state index contributed by atoms with van der Waals surface area (Å²) in [4.78, 5) is 7.17. The molecule has 39 heavy (non-hydrogen) atoms. The number of unbranched alkanes of at least 4 members (excludes halogenated alkanes) is 1. The second-order valence-corrected chi connectivity index (χ2v) is 9.63. The Morgan fingerprint density at radius 2 is 1.72 bits per heavy atom. The summed E-state index contributed by atoms with van der Waals surface area (Å²) in [7, 11) is 0. The molecule has 2 heterocycles. The van der Waals surface area contributed by atoms with Crippen molar-refractivity contribution in [1.82, 2.24) is 14.5 Å². The van der Waals surface area contributed by atoms with Crippen LogP contribution in [0.1, 0.15) is 49.2 Å². The van der Waals surface area contributed by atoms with Gasteiger partial charge in [-0.05, 0) is 48.7 Å². The summed E-state index contributed by atoms with van der Waals surface area (Å²) in [6.07, 6.45) is 2.06. The molecular weight excluding hydrogens is 488 g/mol. The van der Waals surface area contributed by atoms with Gasteiger partial charge in [0.05, 0.1) is 12.3 Å². The lowest BCUT2D eigenvalue weighted by Crippen LogP contribution is -2.25. The summed E-state index contributed by atoms with van der Waals surface area (Å²) in [5.41, 5.74) is 4.68. The van der Waals surface area contributed by atoms with Crippen LogP contribution in [-0.4, -0.2) is 27.9 Å². The van der Waals surface area contributed by atoms with Crippen molar-refractivity contribution >= 4 is 0 Å². The Hall–Kier alpha value is -4.28. The molecule has 0 saturated heterocycles. The molecule has 0 N–H and O–H groups in total. The summed E-state index contributed by atoms with van der Waals surface area (Å²) >= 11 is 0. The van der Waals surface area contributed by atoms with E-state index in [4.69, 9.17) is 19.2 Å². The van der Waals surface area contributed by atoms with E-state index in [1.807, 2.05) is 49.4 Å². The van der Waals surface area contributed by atoms with Crippen molar-refractivity contribution < 1.29 is 14.2 Å². The lowest BCUT2D eigenvalue weighted by Gasteiger charge is -2.24. The first kappa shape index (κ1) is 26.3. The van der Waals surface area contributed by atoms with E-state index in [2.05, 4.69) is 52.8 Å². The van der Waals surface area contributed by atoms with Gasteiger partial charge in [-0.1, -0.05) is 61.9 Å². The maximum absolute atomic E-state index is 10.1. The van der Waals surface area contributed by atoms with E-state index in [9.17, 15) is 5.26 Å². The molecule has 0 aliphatic carbocycles. The number of aromatic nitrogens is 2. The highest BCUT2D eigenvalue weighted by Crippen LogP contribution is 2.33. The average Bonchev–Trinajstić information content (AvgIpc) is 3.57. The molecule has 0 fully saturated rings. The topological polar surface area (TPSA) is 72.5 Å². The number of fused-ring (bicyclic) bond motifs is 1. The van der Waals surface area contributed by atoms with Crippen molar-refractivity contribution in [3.8, 4) is 34.7 Å². The van der Waals surface area contributed by atoms with Crippen LogP contribution in [0.25, 0.3) is 11.4 Å². The molecule has 0 amide bonds. The van der Waals surface area contributed by atoms with Gasteiger partial charge in [0.2, 0.25) is 6.79 Å². The number of nitriles is 1. The fraction of sp³-hybridized carbons (Fsp3) is 0.312. The molecule has 7 nitrogen and oxygen atoms in total. The van der Waals surface area contributed by atoms with Crippen molar-refractivity contribution in [2.45, 2.75) is 52.9 Å². The Morgan fingerprint density at radius 3 is 2.49 bits per heavy atom. The highest BCUT2D eigenvalue weighted by atomic mass is 16.7. The van der Waals surface area contributed by atoms with Crippen molar-refractivity contribution in [3.05, 3.63) is 95.3 Å². The number of hydrogen-bond acceptors (Lipinski definition) is 6. The highest BCUT2D eigenvalue weighted by molar-refractivity contribution is 5.58. The molecule has 0 saturated carbocycles. The van der Waals surface area contributed by atoms with E-state index in [0.717, 1.165) is 64.8 Å². The van der Waals surface area contributed by atoms with Crippen molar-refractivity contribution in [2.24, 2.45) is 0 Å². The smallest absolute Gasteiger partial charge is 0.231 e. The van der Waals surface area contributed by atoms with Crippen LogP contribution < -0.4 is 14.2 Å². The van der Waals surface area contributed by atoms with Gasteiger partial charge in [-0.3, -0.25) is 4.90 Å². The second-order valence-electron chi connectivity index (χ2n) is 9.63. The summed E-state index contributed by atoms with van der Waals surface area (Å²) in [5.74, 6) is 3.24. The molecule has 4 aromatic rings. The molecule has 3 aromatic carbocycles. The van der Waals surface area contributed by atoms with Gasteiger partial charge in [0.1, 0.15) is 17.6 Å². The van der Waals surface area contributed by atoms with Crippen LogP contribution in [0.4, 0.5) is 0 Å². The van der Waals surface area contributed by atoms with Crippen LogP contribution in [0.2, 0.25) is 0 Å². The fourth-order valence-corrected chi connectivity index (χ4v) is 4.94. The van der Waals surface area contributed by atoms with Gasteiger partial charge in [0, 0.05) is 31.7 Å². The Balaban J connectivity index is 1.51. The fourth-order valence-electron chi connectivity index (χ4n) is 4.94. The van der Waals surface area contributed by atoms with E-state index in [0.29, 0.717) is 31.9 Å². The third-order valence-electron chi connectivity index (χ3n) is 6.78. The van der Waals surface area contributed by atoms with E-state index in [-0.39, 0.29) is 6.79 Å². The number of hydrogen-bond donors (Lipinski definition) is 0. The molecule has 0 radical (unpaired) electrons. The predicted octanol–water partition coefficient (Wildman–Crippen LogP) is 6.55. The molecular formula is C32H34N4O3. The first-order chi connectivity index (χ1) is 19.2. The molecule has 1 aliphatic heterocycles. The maximum atomic E-state index is 10.1. The van der Waals surface area contributed by atoms with E-state index in [1.54, 1.807) is 0 Å². The van der Waals surface area contributed by atoms with Gasteiger partial charge in [0.25, 0.3) is 0 Å². The Bertz CT molecular complexity index is 1440. The number of rotatable bonds is 12. The van der Waals surface area contributed by atoms with Crippen LogP contribution in [0, 0.1) is 11.3 Å². The maximum Gasteiger partial charge on any atom is 0.231 e. The quantitative estimate of drug-likeness (QED) is 0.210. The Morgan fingerprint density at radius 1 is 0.923 bits per heavy atom. The van der Waals surface area contributed by atoms with E-state index in [1.165, 1.54) is 0 Å². The van der Waals surface area contributed by atoms with Gasteiger partial charge in [0.15, 0.2) is 17.2 Å². The van der Waals surface area contributed by atoms with E-state index < -0.39 is 0 Å². The standard InChI is InChI=1S/C32H34N4O3/c1-3-5-16-36-29(28(19-33)34-32(36)26-11-7-6-8-12-26)22-35(20-24-10-9-13-27(17-24)37-4-2)21-25-14-15-30-31(18-25)39-23-38-30/h6-15,17-18H,3-5,16,20-23H2,1-2H3. The minimum absolute atomic E-state index is 0.247. The summed E-state index contributed by atoms with van der Waals surface area (Å²) in [6, 6.07) is 26.8. The minimum atomic E-state index is 0.247. The zero-order chi connectivity index (χ0) is 27.0. The lowest BCUT2D eigenvalue weighted by atomic mass is 10.1. The minimum Gasteiger partial charge on any atom is -0.494 e. The first-order valence-corrected chi connectivity index (χ1v) is 13.6. The first-order valence-electron chi connectivity index (χ1n) is 13.6. The van der Waals surface area contributed by atoms with Gasteiger partial charge in [-0.25, -0.2) is 4.98 Å². The van der Waals surface area contributed by atoms with Gasteiger partial charge < -0.3 is 18.8 Å². The Kier molecular flexibility index (Phi) is 8.45. The molecule has 1 aliphatic rings. The molecule has 0 bridgehead atoms. The zero-order valence-corrected chi connectivity index (χ0v) is 22.6. The number of benzene rings is 3. The summed E-state index contributed by atoms with van der Waals surface area (Å²) < 4.78 is 19.2. The normalized spacial score (nSPS) is 12.1. The highest BCUT2D eigenvalue weighted by Gasteiger charge is 2.22. The number of nitrogens with zero attached hydrogens (tertiary/aromatic N) is 4. The van der Waals surface area contributed by atoms with E-state index >= 15 is 0 Å². The third-order valence-corrected chi connectivity index (χ3v) is 6.78.